The third-order valence-electron chi connectivity index (χ3n) is 11.3. The molecule has 0 rings (SSSR count). The highest BCUT2D eigenvalue weighted by molar-refractivity contribution is 7.47. The van der Waals surface area contributed by atoms with Gasteiger partial charge in [0.2, 0.25) is 5.91 Å². The van der Waals surface area contributed by atoms with Crippen molar-refractivity contribution in [3.8, 4) is 0 Å². The van der Waals surface area contributed by atoms with Gasteiger partial charge in [0.1, 0.15) is 13.2 Å². The fourth-order valence-electron chi connectivity index (χ4n) is 7.21. The molecule has 0 spiro atoms. The number of allylic oxidation sites excluding steroid dienone is 7. The highest BCUT2D eigenvalue weighted by Crippen LogP contribution is 2.43. The molecule has 0 saturated heterocycles. The van der Waals surface area contributed by atoms with Gasteiger partial charge >= 0.3 is 7.82 Å². The number of carbonyl (C=O) groups is 1. The zero-order chi connectivity index (χ0) is 45.0. The normalized spacial score (nSPS) is 14.5. The second kappa shape index (κ2) is 43.7. The van der Waals surface area contributed by atoms with Crippen LogP contribution in [0.25, 0.3) is 0 Å². The van der Waals surface area contributed by atoms with Gasteiger partial charge < -0.3 is 19.8 Å². The third-order valence-corrected chi connectivity index (χ3v) is 12.3. The number of nitrogens with one attached hydrogen (secondary N) is 1. The lowest BCUT2D eigenvalue weighted by molar-refractivity contribution is -0.870. The van der Waals surface area contributed by atoms with Crippen LogP contribution < -0.4 is 5.32 Å². The molecule has 3 N–H and O–H groups in total. The van der Waals surface area contributed by atoms with E-state index >= 15 is 0 Å². The van der Waals surface area contributed by atoms with E-state index in [0.29, 0.717) is 17.4 Å². The average molecular weight is 880 g/mol. The number of phosphoric acid groups is 1. The van der Waals surface area contributed by atoms with E-state index in [9.17, 15) is 19.4 Å². The molecule has 8 nitrogen and oxygen atoms in total. The molecule has 0 aliphatic carbocycles. The summed E-state index contributed by atoms with van der Waals surface area (Å²) >= 11 is 0. The van der Waals surface area contributed by atoms with Crippen molar-refractivity contribution in [2.24, 2.45) is 0 Å². The summed E-state index contributed by atoms with van der Waals surface area (Å²) in [6.45, 7) is 4.78. The van der Waals surface area contributed by atoms with Crippen molar-refractivity contribution in [2.45, 2.75) is 238 Å². The minimum atomic E-state index is -4.35. The highest BCUT2D eigenvalue weighted by atomic mass is 31.2. The number of phosphoric ester groups is 1. The molecule has 0 fully saturated rings. The van der Waals surface area contributed by atoms with Gasteiger partial charge in [-0.05, 0) is 64.2 Å². The van der Waals surface area contributed by atoms with Crippen molar-refractivity contribution in [1.82, 2.24) is 5.32 Å². The molecule has 9 heteroatoms. The van der Waals surface area contributed by atoms with Gasteiger partial charge in [0, 0.05) is 6.42 Å². The van der Waals surface area contributed by atoms with Crippen LogP contribution in [0.5, 0.6) is 0 Å². The Bertz CT molecular complexity index is 1130. The van der Waals surface area contributed by atoms with Gasteiger partial charge in [0.15, 0.2) is 0 Å². The number of carbonyl (C=O) groups excluding carboxylic acids is 1. The summed E-state index contributed by atoms with van der Waals surface area (Å²) in [6, 6.07) is -0.868. The molecule has 61 heavy (non-hydrogen) atoms. The van der Waals surface area contributed by atoms with E-state index in [1.807, 2.05) is 27.2 Å². The summed E-state index contributed by atoms with van der Waals surface area (Å²) in [5.41, 5.74) is 0. The Labute approximate surface area is 378 Å². The number of hydrogen-bond acceptors (Lipinski definition) is 5. The number of rotatable bonds is 46. The van der Waals surface area contributed by atoms with Crippen LogP contribution in [-0.4, -0.2) is 73.4 Å². The van der Waals surface area contributed by atoms with Crippen LogP contribution in [0.1, 0.15) is 226 Å². The number of amides is 1. The van der Waals surface area contributed by atoms with E-state index in [0.717, 1.165) is 51.4 Å². The molecule has 0 heterocycles. The predicted octanol–water partition coefficient (Wildman–Crippen LogP) is 14.8. The number of aliphatic hydroxyl groups is 1. The molecular formula is C52H100N2O6P+. The van der Waals surface area contributed by atoms with Gasteiger partial charge in [-0.15, -0.1) is 0 Å². The third kappa shape index (κ3) is 46.3. The Balaban J connectivity index is 4.38. The maximum atomic E-state index is 12.9. The summed E-state index contributed by atoms with van der Waals surface area (Å²) in [7, 11) is 1.55. The standard InChI is InChI=1S/C52H99N2O6P/c1-6-8-10-12-14-16-18-20-22-24-26-27-28-29-31-33-35-37-39-41-43-45-51(55)50(49-60-61(57,58)59-48-47-54(3,4)5)53-52(56)46-44-42-40-38-36-34-32-30-25-23-21-19-17-15-13-11-9-7-2/h17,19,23,25,35,37,43,45,50-51,55H,6-16,18,20-22,24,26-34,36,38-42,44,46-49H2,1-5H3,(H-,53,56,57,58)/p+1/b19-17-,25-23-,37-35+,45-43+. The summed E-state index contributed by atoms with van der Waals surface area (Å²) in [5.74, 6) is -0.195. The summed E-state index contributed by atoms with van der Waals surface area (Å²) in [6.07, 6.45) is 56.2. The van der Waals surface area contributed by atoms with Crippen LogP contribution in [0.3, 0.4) is 0 Å². The van der Waals surface area contributed by atoms with Crippen molar-refractivity contribution in [3.63, 3.8) is 0 Å². The summed E-state index contributed by atoms with van der Waals surface area (Å²) in [4.78, 5) is 23.2. The van der Waals surface area contributed by atoms with Crippen molar-refractivity contribution >= 4 is 13.7 Å². The molecule has 0 bridgehead atoms. The Morgan fingerprint density at radius 1 is 0.557 bits per heavy atom. The molecule has 0 saturated carbocycles. The molecule has 0 aromatic rings. The lowest BCUT2D eigenvalue weighted by Gasteiger charge is -2.25. The van der Waals surface area contributed by atoms with Crippen LogP contribution in [-0.2, 0) is 18.4 Å². The minimum Gasteiger partial charge on any atom is -0.387 e. The van der Waals surface area contributed by atoms with Gasteiger partial charge in [-0.1, -0.05) is 204 Å². The zero-order valence-electron chi connectivity index (χ0n) is 40.7. The molecule has 0 aromatic heterocycles. The topological polar surface area (TPSA) is 105 Å². The molecule has 0 aromatic carbocycles. The van der Waals surface area contributed by atoms with Gasteiger partial charge in [-0.2, -0.15) is 0 Å². The predicted molar refractivity (Wildman–Crippen MR) is 263 cm³/mol. The average Bonchev–Trinajstić information content (AvgIpc) is 3.21. The van der Waals surface area contributed by atoms with Crippen molar-refractivity contribution < 1.29 is 32.9 Å². The van der Waals surface area contributed by atoms with Crippen molar-refractivity contribution in [3.05, 3.63) is 48.6 Å². The summed E-state index contributed by atoms with van der Waals surface area (Å²) in [5, 5.41) is 13.9. The SMILES string of the molecule is CCCCCC/C=C\C/C=C\CCCCCCCCCC(=O)NC(COP(=O)(O)OCC[N+](C)(C)C)C(O)/C=C/CC/C=C/CCCCCCCCCCCCCCCCC. The molecule has 3 atom stereocenters. The molecule has 0 radical (unpaired) electrons. The molecular weight excluding hydrogens is 780 g/mol. The highest BCUT2D eigenvalue weighted by Gasteiger charge is 2.27. The van der Waals surface area contributed by atoms with Gasteiger partial charge in [-0.25, -0.2) is 4.57 Å². The molecule has 358 valence electrons. The van der Waals surface area contributed by atoms with E-state index in [1.165, 1.54) is 154 Å². The number of likely N-dealkylation sites (N-methyl/N-ethyl adjacent to an activating group) is 1. The van der Waals surface area contributed by atoms with Crippen molar-refractivity contribution in [2.75, 3.05) is 40.9 Å². The second-order valence-electron chi connectivity index (χ2n) is 18.5. The van der Waals surface area contributed by atoms with Crippen LogP contribution in [0.4, 0.5) is 0 Å². The summed E-state index contributed by atoms with van der Waals surface area (Å²) < 4.78 is 23.6. The lowest BCUT2D eigenvalue weighted by atomic mass is 10.0. The Morgan fingerprint density at radius 3 is 1.43 bits per heavy atom. The van der Waals surface area contributed by atoms with E-state index in [2.05, 4.69) is 55.6 Å². The second-order valence-corrected chi connectivity index (χ2v) is 20.0. The van der Waals surface area contributed by atoms with Crippen LogP contribution in [0, 0.1) is 0 Å². The fraction of sp³-hybridized carbons (Fsp3) is 0.827. The first-order valence-electron chi connectivity index (χ1n) is 25.5. The molecule has 0 aliphatic rings. The van der Waals surface area contributed by atoms with Crippen LogP contribution in [0.2, 0.25) is 0 Å². The van der Waals surface area contributed by atoms with Gasteiger partial charge in [-0.3, -0.25) is 13.8 Å². The Morgan fingerprint density at radius 2 is 0.951 bits per heavy atom. The van der Waals surface area contributed by atoms with E-state index in [-0.39, 0.29) is 19.1 Å². The van der Waals surface area contributed by atoms with Gasteiger partial charge in [0.25, 0.3) is 0 Å². The van der Waals surface area contributed by atoms with Crippen LogP contribution in [0.15, 0.2) is 48.6 Å². The fourth-order valence-corrected chi connectivity index (χ4v) is 7.94. The number of hydrogen-bond donors (Lipinski definition) is 3. The number of unbranched alkanes of at least 4 members (excludes halogenated alkanes) is 27. The first-order valence-corrected chi connectivity index (χ1v) is 27.0. The first kappa shape index (κ1) is 59.5. The van der Waals surface area contributed by atoms with E-state index < -0.39 is 20.0 Å². The number of aliphatic hydroxyl groups excluding tert-OH is 1. The molecule has 0 aliphatic heterocycles. The lowest BCUT2D eigenvalue weighted by Crippen LogP contribution is -2.45. The van der Waals surface area contributed by atoms with E-state index in [4.69, 9.17) is 9.05 Å². The monoisotopic (exact) mass is 880 g/mol. The van der Waals surface area contributed by atoms with E-state index in [1.54, 1.807) is 6.08 Å². The minimum absolute atomic E-state index is 0.0535. The quantitative estimate of drug-likeness (QED) is 0.0243. The Hall–Kier alpha value is -1.54. The molecule has 3 unspecified atom stereocenters. The largest absolute Gasteiger partial charge is 0.472 e. The van der Waals surface area contributed by atoms with Crippen LogP contribution >= 0.6 is 7.82 Å². The maximum absolute atomic E-state index is 12.9. The number of nitrogens with zero attached hydrogens (tertiary/aromatic N) is 1. The molecule has 1 amide bonds. The number of quaternary nitrogens is 1. The maximum Gasteiger partial charge on any atom is 0.472 e. The zero-order valence-corrected chi connectivity index (χ0v) is 41.5. The first-order chi connectivity index (χ1) is 29.5. The van der Waals surface area contributed by atoms with Crippen molar-refractivity contribution in [1.29, 1.82) is 0 Å². The van der Waals surface area contributed by atoms with Gasteiger partial charge in [0.05, 0.1) is 39.9 Å². The smallest absolute Gasteiger partial charge is 0.387 e. The Kier molecular flexibility index (Phi) is 42.6.